The first-order valence-electron chi connectivity index (χ1n) is 5.67. The van der Waals surface area contributed by atoms with Gasteiger partial charge in [0.05, 0.1) is 12.8 Å². The number of esters is 1. The molecule has 5 nitrogen and oxygen atoms in total. The van der Waals surface area contributed by atoms with Crippen molar-refractivity contribution >= 4 is 28.9 Å². The van der Waals surface area contributed by atoms with Gasteiger partial charge >= 0.3 is 5.97 Å². The number of nitrogens with two attached hydrogens (primary N) is 1. The summed E-state index contributed by atoms with van der Waals surface area (Å²) in [7, 11) is 1.32. The average molecular weight is 270 g/mol. The number of ether oxygens (including phenoxy) is 1. The molecule has 0 aliphatic rings. The fraction of sp³-hybridized carbons (Fsp3) is 0.500. The first-order valence-corrected chi connectivity index (χ1v) is 6.55. The normalized spacial score (nSPS) is 12.0. The predicted molar refractivity (Wildman–Crippen MR) is 71.9 cm³/mol. The van der Waals surface area contributed by atoms with Crippen LogP contribution < -0.4 is 11.1 Å². The van der Waals surface area contributed by atoms with E-state index in [4.69, 9.17) is 5.73 Å². The largest absolute Gasteiger partial charge is 0.465 e. The Morgan fingerprint density at radius 3 is 2.78 bits per heavy atom. The second-order valence-corrected chi connectivity index (χ2v) is 5.06. The highest BCUT2D eigenvalue weighted by molar-refractivity contribution is 7.12. The molecule has 0 aliphatic heterocycles. The van der Waals surface area contributed by atoms with Crippen LogP contribution in [0.3, 0.4) is 0 Å². The molecule has 6 heteroatoms. The summed E-state index contributed by atoms with van der Waals surface area (Å²) in [5.74, 6) is -0.574. The number of carbonyl (C=O) groups excluding carboxylic acids is 2. The molecule has 0 aliphatic carbocycles. The van der Waals surface area contributed by atoms with E-state index in [1.165, 1.54) is 18.4 Å². The van der Waals surface area contributed by atoms with Gasteiger partial charge in [-0.2, -0.15) is 0 Å². The van der Waals surface area contributed by atoms with Gasteiger partial charge < -0.3 is 15.8 Å². The molecule has 0 saturated carbocycles. The van der Waals surface area contributed by atoms with Crippen molar-refractivity contribution in [3.63, 3.8) is 0 Å². The molecule has 0 radical (unpaired) electrons. The van der Waals surface area contributed by atoms with Gasteiger partial charge in [-0.25, -0.2) is 4.79 Å². The summed E-state index contributed by atoms with van der Waals surface area (Å²) in [4.78, 5) is 23.6. The monoisotopic (exact) mass is 270 g/mol. The standard InChI is InChI=1S/C12H18N2O3S/c1-7-6-18-11(12(16)17-3)10(7)14-9(15)5-4-8(2)13/h6,8H,4-5,13H2,1-3H3,(H,14,15). The Kier molecular flexibility index (Phi) is 5.30. The van der Waals surface area contributed by atoms with E-state index in [0.717, 1.165) is 5.56 Å². The Morgan fingerprint density at radius 2 is 2.22 bits per heavy atom. The topological polar surface area (TPSA) is 81.4 Å². The summed E-state index contributed by atoms with van der Waals surface area (Å²) >= 11 is 1.26. The maximum Gasteiger partial charge on any atom is 0.350 e. The Bertz CT molecular complexity index is 441. The third-order valence-electron chi connectivity index (χ3n) is 2.44. The van der Waals surface area contributed by atoms with Crippen molar-refractivity contribution < 1.29 is 14.3 Å². The van der Waals surface area contributed by atoms with Crippen LogP contribution >= 0.6 is 11.3 Å². The molecular formula is C12H18N2O3S. The highest BCUT2D eigenvalue weighted by atomic mass is 32.1. The molecular weight excluding hydrogens is 252 g/mol. The Labute approximate surface area is 110 Å². The lowest BCUT2D eigenvalue weighted by molar-refractivity contribution is -0.116. The number of hydrogen-bond donors (Lipinski definition) is 2. The van der Waals surface area contributed by atoms with Crippen molar-refractivity contribution in [1.82, 2.24) is 0 Å². The van der Waals surface area contributed by atoms with Crippen molar-refractivity contribution in [1.29, 1.82) is 0 Å². The van der Waals surface area contributed by atoms with Gasteiger partial charge in [0.2, 0.25) is 5.91 Å². The molecule has 1 rings (SSSR count). The molecule has 1 heterocycles. The summed E-state index contributed by atoms with van der Waals surface area (Å²) in [6.45, 7) is 3.69. The molecule has 1 atom stereocenters. The van der Waals surface area contributed by atoms with Gasteiger partial charge in [0.15, 0.2) is 0 Å². The maximum absolute atomic E-state index is 11.7. The van der Waals surface area contributed by atoms with E-state index in [-0.39, 0.29) is 11.9 Å². The second-order valence-electron chi connectivity index (χ2n) is 4.18. The Balaban J connectivity index is 2.74. The van der Waals surface area contributed by atoms with Crippen molar-refractivity contribution in [3.05, 3.63) is 15.8 Å². The minimum absolute atomic E-state index is 0.0144. The molecule has 1 aromatic heterocycles. The molecule has 0 spiro atoms. The lowest BCUT2D eigenvalue weighted by Crippen LogP contribution is -2.20. The number of aryl methyl sites for hydroxylation is 1. The fourth-order valence-electron chi connectivity index (χ4n) is 1.40. The van der Waals surface area contributed by atoms with Gasteiger partial charge in [-0.1, -0.05) is 0 Å². The highest BCUT2D eigenvalue weighted by Crippen LogP contribution is 2.28. The van der Waals surface area contributed by atoms with Gasteiger partial charge in [-0.05, 0) is 31.2 Å². The molecule has 18 heavy (non-hydrogen) atoms. The number of nitrogens with one attached hydrogen (secondary N) is 1. The second kappa shape index (κ2) is 6.51. The Morgan fingerprint density at radius 1 is 1.56 bits per heavy atom. The van der Waals surface area contributed by atoms with Gasteiger partial charge in [0.25, 0.3) is 0 Å². The number of methoxy groups -OCH3 is 1. The van der Waals surface area contributed by atoms with Crippen LogP contribution in [-0.4, -0.2) is 25.0 Å². The average Bonchev–Trinajstić information content (AvgIpc) is 2.68. The molecule has 0 aromatic carbocycles. The van der Waals surface area contributed by atoms with Crippen molar-refractivity contribution in [2.45, 2.75) is 32.7 Å². The smallest absolute Gasteiger partial charge is 0.350 e. The number of carbonyl (C=O) groups is 2. The lowest BCUT2D eigenvalue weighted by atomic mass is 10.2. The van der Waals surface area contributed by atoms with Crippen LogP contribution in [0, 0.1) is 6.92 Å². The van der Waals surface area contributed by atoms with Gasteiger partial charge in [0.1, 0.15) is 4.88 Å². The summed E-state index contributed by atoms with van der Waals surface area (Å²) in [6.07, 6.45) is 0.955. The van der Waals surface area contributed by atoms with Crippen LogP contribution in [0.5, 0.6) is 0 Å². The van der Waals surface area contributed by atoms with Crippen LogP contribution in [0.15, 0.2) is 5.38 Å². The van der Waals surface area contributed by atoms with Crippen LogP contribution in [0.2, 0.25) is 0 Å². The number of hydrogen-bond acceptors (Lipinski definition) is 5. The zero-order chi connectivity index (χ0) is 13.7. The number of rotatable bonds is 5. The first kappa shape index (κ1) is 14.7. The quantitative estimate of drug-likeness (QED) is 0.801. The van der Waals surface area contributed by atoms with Crippen molar-refractivity contribution in [2.75, 3.05) is 12.4 Å². The molecule has 0 fully saturated rings. The van der Waals surface area contributed by atoms with E-state index in [9.17, 15) is 9.59 Å². The number of anilines is 1. The van der Waals surface area contributed by atoms with E-state index in [1.54, 1.807) is 0 Å². The molecule has 3 N–H and O–H groups in total. The van der Waals surface area contributed by atoms with Crippen LogP contribution in [-0.2, 0) is 9.53 Å². The zero-order valence-corrected chi connectivity index (χ0v) is 11.6. The number of amides is 1. The summed E-state index contributed by atoms with van der Waals surface area (Å²) < 4.78 is 4.67. The van der Waals surface area contributed by atoms with Crippen LogP contribution in [0.25, 0.3) is 0 Å². The molecule has 0 saturated heterocycles. The van der Waals surface area contributed by atoms with E-state index < -0.39 is 5.97 Å². The summed E-state index contributed by atoms with van der Waals surface area (Å²) in [5.41, 5.74) is 6.99. The van der Waals surface area contributed by atoms with Crippen molar-refractivity contribution in [2.24, 2.45) is 5.73 Å². The lowest BCUT2D eigenvalue weighted by Gasteiger charge is -2.08. The summed E-state index contributed by atoms with van der Waals surface area (Å²) in [6, 6.07) is -0.0144. The van der Waals surface area contributed by atoms with Crippen molar-refractivity contribution in [3.8, 4) is 0 Å². The van der Waals surface area contributed by atoms with E-state index in [1.807, 2.05) is 19.2 Å². The Hall–Kier alpha value is -1.40. The third-order valence-corrected chi connectivity index (χ3v) is 3.51. The van der Waals surface area contributed by atoms with Gasteiger partial charge in [0, 0.05) is 12.5 Å². The molecule has 1 amide bonds. The zero-order valence-electron chi connectivity index (χ0n) is 10.8. The molecule has 1 aromatic rings. The van der Waals surface area contributed by atoms with E-state index in [2.05, 4.69) is 10.1 Å². The first-order chi connectivity index (χ1) is 8.45. The van der Waals surface area contributed by atoms with Gasteiger partial charge in [-0.3, -0.25) is 4.79 Å². The minimum atomic E-state index is -0.435. The van der Waals surface area contributed by atoms with E-state index >= 15 is 0 Å². The molecule has 1 unspecified atom stereocenters. The minimum Gasteiger partial charge on any atom is -0.465 e. The van der Waals surface area contributed by atoms with Gasteiger partial charge in [-0.15, -0.1) is 11.3 Å². The molecule has 0 bridgehead atoms. The predicted octanol–water partition coefficient (Wildman–Crippen LogP) is 1.91. The third kappa shape index (κ3) is 3.82. The fourth-order valence-corrected chi connectivity index (χ4v) is 2.33. The maximum atomic E-state index is 11.7. The van der Waals surface area contributed by atoms with Crippen LogP contribution in [0.4, 0.5) is 5.69 Å². The summed E-state index contributed by atoms with van der Waals surface area (Å²) in [5, 5.41) is 4.56. The number of thiophene rings is 1. The highest BCUT2D eigenvalue weighted by Gasteiger charge is 2.18. The van der Waals surface area contributed by atoms with E-state index in [0.29, 0.717) is 23.4 Å². The van der Waals surface area contributed by atoms with Crippen LogP contribution in [0.1, 0.15) is 35.0 Å². The molecule has 100 valence electrons. The SMILES string of the molecule is COC(=O)c1scc(C)c1NC(=O)CCC(C)N.